The van der Waals surface area contributed by atoms with Crippen molar-refractivity contribution in [2.45, 2.75) is 6.92 Å². The Morgan fingerprint density at radius 1 is 1.46 bits per heavy atom. The number of nitrogens with two attached hydrogens (primary N) is 1. The standard InChI is InChI=1S/C9H11BrN2O/c1-6(13)12(2)9-4-7(10)3-8(11)5-9/h3-5H,11H2,1-2H3. The molecule has 0 bridgehead atoms. The second-order valence-corrected chi connectivity index (χ2v) is 3.74. The first-order valence-electron chi connectivity index (χ1n) is 3.81. The molecule has 0 aliphatic heterocycles. The van der Waals surface area contributed by atoms with Crippen molar-refractivity contribution >= 4 is 33.2 Å². The number of carbonyl (C=O) groups is 1. The van der Waals surface area contributed by atoms with Gasteiger partial charge in [0.25, 0.3) is 0 Å². The molecule has 1 amide bonds. The highest BCUT2D eigenvalue weighted by Crippen LogP contribution is 2.23. The van der Waals surface area contributed by atoms with E-state index in [4.69, 9.17) is 5.73 Å². The predicted molar refractivity (Wildman–Crippen MR) is 57.6 cm³/mol. The molecule has 0 unspecified atom stereocenters. The lowest BCUT2D eigenvalue weighted by atomic mass is 10.2. The first kappa shape index (κ1) is 10.1. The van der Waals surface area contributed by atoms with Crippen LogP contribution in [0.1, 0.15) is 6.92 Å². The molecule has 0 aliphatic rings. The molecule has 1 aromatic rings. The molecule has 0 atom stereocenters. The van der Waals surface area contributed by atoms with Crippen molar-refractivity contribution in [3.05, 3.63) is 22.7 Å². The number of nitrogen functional groups attached to an aromatic ring is 1. The minimum Gasteiger partial charge on any atom is -0.399 e. The van der Waals surface area contributed by atoms with Crippen molar-refractivity contribution in [3.8, 4) is 0 Å². The minimum absolute atomic E-state index is 0.0162. The van der Waals surface area contributed by atoms with E-state index in [1.54, 1.807) is 24.1 Å². The predicted octanol–water partition coefficient (Wildman–Crippen LogP) is 2.01. The van der Waals surface area contributed by atoms with Gasteiger partial charge in [0.1, 0.15) is 0 Å². The molecule has 0 fully saturated rings. The van der Waals surface area contributed by atoms with Gasteiger partial charge in [-0.25, -0.2) is 0 Å². The van der Waals surface area contributed by atoms with Crippen LogP contribution in [-0.4, -0.2) is 13.0 Å². The van der Waals surface area contributed by atoms with E-state index in [2.05, 4.69) is 15.9 Å². The molecule has 0 heterocycles. The number of nitrogens with zero attached hydrogens (tertiary/aromatic N) is 1. The first-order valence-corrected chi connectivity index (χ1v) is 4.60. The second kappa shape index (κ2) is 3.79. The summed E-state index contributed by atoms with van der Waals surface area (Å²) < 4.78 is 0.871. The fourth-order valence-corrected chi connectivity index (χ4v) is 1.47. The van der Waals surface area contributed by atoms with Gasteiger partial charge >= 0.3 is 0 Å². The molecule has 0 aliphatic carbocycles. The van der Waals surface area contributed by atoms with Crippen molar-refractivity contribution in [2.75, 3.05) is 17.7 Å². The van der Waals surface area contributed by atoms with Gasteiger partial charge in [-0.05, 0) is 18.2 Å². The summed E-state index contributed by atoms with van der Waals surface area (Å²) in [6, 6.07) is 5.39. The molecular formula is C9H11BrN2O. The molecule has 3 nitrogen and oxygen atoms in total. The Hall–Kier alpha value is -1.03. The van der Waals surface area contributed by atoms with Gasteiger partial charge in [0.2, 0.25) is 5.91 Å². The Bertz CT molecular complexity index is 318. The maximum absolute atomic E-state index is 11.0. The van der Waals surface area contributed by atoms with Gasteiger partial charge in [-0.1, -0.05) is 15.9 Å². The van der Waals surface area contributed by atoms with E-state index in [9.17, 15) is 4.79 Å². The lowest BCUT2D eigenvalue weighted by Gasteiger charge is -2.15. The van der Waals surface area contributed by atoms with Crippen LogP contribution >= 0.6 is 15.9 Å². The molecule has 70 valence electrons. The molecule has 0 saturated heterocycles. The fourth-order valence-electron chi connectivity index (χ4n) is 0.972. The van der Waals surface area contributed by atoms with Gasteiger partial charge in [-0.2, -0.15) is 0 Å². The summed E-state index contributed by atoms with van der Waals surface area (Å²) in [5, 5.41) is 0. The molecule has 0 radical (unpaired) electrons. The zero-order chi connectivity index (χ0) is 10.0. The summed E-state index contributed by atoms with van der Waals surface area (Å²) in [4.78, 5) is 12.6. The maximum atomic E-state index is 11.0. The zero-order valence-electron chi connectivity index (χ0n) is 7.54. The lowest BCUT2D eigenvalue weighted by molar-refractivity contribution is -0.116. The van der Waals surface area contributed by atoms with Gasteiger partial charge in [-0.3, -0.25) is 4.79 Å². The second-order valence-electron chi connectivity index (χ2n) is 2.82. The Balaban J connectivity index is 3.07. The highest BCUT2D eigenvalue weighted by atomic mass is 79.9. The third kappa shape index (κ3) is 2.45. The van der Waals surface area contributed by atoms with Crippen LogP contribution < -0.4 is 10.6 Å². The number of hydrogen-bond acceptors (Lipinski definition) is 2. The monoisotopic (exact) mass is 242 g/mol. The molecule has 13 heavy (non-hydrogen) atoms. The summed E-state index contributed by atoms with van der Waals surface area (Å²) in [5.41, 5.74) is 7.06. The highest BCUT2D eigenvalue weighted by molar-refractivity contribution is 9.10. The number of hydrogen-bond donors (Lipinski definition) is 1. The quantitative estimate of drug-likeness (QED) is 0.767. The summed E-state index contributed by atoms with van der Waals surface area (Å²) in [6.45, 7) is 1.51. The van der Waals surface area contributed by atoms with E-state index in [0.717, 1.165) is 10.2 Å². The largest absolute Gasteiger partial charge is 0.399 e. The molecule has 1 aromatic carbocycles. The van der Waals surface area contributed by atoms with Gasteiger partial charge in [0, 0.05) is 29.8 Å². The van der Waals surface area contributed by atoms with E-state index in [0.29, 0.717) is 5.69 Å². The van der Waals surface area contributed by atoms with Crippen molar-refractivity contribution < 1.29 is 4.79 Å². The summed E-state index contributed by atoms with van der Waals surface area (Å²) >= 11 is 3.31. The Morgan fingerprint density at radius 3 is 2.54 bits per heavy atom. The summed E-state index contributed by atoms with van der Waals surface area (Å²) in [5.74, 6) is -0.0162. The van der Waals surface area contributed by atoms with Crippen LogP contribution in [0.25, 0.3) is 0 Å². The number of anilines is 2. The number of rotatable bonds is 1. The normalized spacial score (nSPS) is 9.77. The smallest absolute Gasteiger partial charge is 0.223 e. The van der Waals surface area contributed by atoms with Crippen molar-refractivity contribution in [2.24, 2.45) is 0 Å². The number of carbonyl (C=O) groups excluding carboxylic acids is 1. The van der Waals surface area contributed by atoms with Crippen molar-refractivity contribution in [1.29, 1.82) is 0 Å². The number of amides is 1. The van der Waals surface area contributed by atoms with Crippen LogP contribution in [0.5, 0.6) is 0 Å². The van der Waals surface area contributed by atoms with Gasteiger partial charge in [-0.15, -0.1) is 0 Å². The van der Waals surface area contributed by atoms with Gasteiger partial charge in [0.05, 0.1) is 0 Å². The number of benzene rings is 1. The van der Waals surface area contributed by atoms with Crippen LogP contribution in [0.15, 0.2) is 22.7 Å². The van der Waals surface area contributed by atoms with E-state index in [-0.39, 0.29) is 5.91 Å². The summed E-state index contributed by atoms with van der Waals surface area (Å²) in [7, 11) is 1.71. The minimum atomic E-state index is -0.0162. The Kier molecular flexibility index (Phi) is 2.93. The van der Waals surface area contributed by atoms with Crippen molar-refractivity contribution in [3.63, 3.8) is 0 Å². The Morgan fingerprint density at radius 2 is 2.08 bits per heavy atom. The third-order valence-corrected chi connectivity index (χ3v) is 2.22. The van der Waals surface area contributed by atoms with Crippen LogP contribution in [-0.2, 0) is 4.79 Å². The molecule has 0 spiro atoms. The van der Waals surface area contributed by atoms with E-state index < -0.39 is 0 Å². The molecule has 0 aromatic heterocycles. The van der Waals surface area contributed by atoms with Crippen LogP contribution in [0.3, 0.4) is 0 Å². The first-order chi connectivity index (χ1) is 6.00. The molecule has 2 N–H and O–H groups in total. The topological polar surface area (TPSA) is 46.3 Å². The van der Waals surface area contributed by atoms with Gasteiger partial charge < -0.3 is 10.6 Å². The van der Waals surface area contributed by atoms with Crippen LogP contribution in [0.4, 0.5) is 11.4 Å². The van der Waals surface area contributed by atoms with E-state index in [1.165, 1.54) is 6.92 Å². The van der Waals surface area contributed by atoms with E-state index >= 15 is 0 Å². The summed E-state index contributed by atoms with van der Waals surface area (Å²) in [6.07, 6.45) is 0. The average Bonchev–Trinajstić information content (AvgIpc) is 2.01. The maximum Gasteiger partial charge on any atom is 0.223 e. The van der Waals surface area contributed by atoms with Crippen molar-refractivity contribution in [1.82, 2.24) is 0 Å². The van der Waals surface area contributed by atoms with Crippen LogP contribution in [0, 0.1) is 0 Å². The van der Waals surface area contributed by atoms with Gasteiger partial charge in [0.15, 0.2) is 0 Å². The van der Waals surface area contributed by atoms with Crippen LogP contribution in [0.2, 0.25) is 0 Å². The van der Waals surface area contributed by atoms with E-state index in [1.807, 2.05) is 6.07 Å². The third-order valence-electron chi connectivity index (χ3n) is 1.76. The Labute approximate surface area is 85.7 Å². The lowest BCUT2D eigenvalue weighted by Crippen LogP contribution is -2.22. The molecular weight excluding hydrogens is 232 g/mol. The zero-order valence-corrected chi connectivity index (χ0v) is 9.13. The average molecular weight is 243 g/mol. The highest BCUT2D eigenvalue weighted by Gasteiger charge is 2.06. The molecule has 1 rings (SSSR count). The molecule has 0 saturated carbocycles. The SMILES string of the molecule is CC(=O)N(C)c1cc(N)cc(Br)c1. The molecule has 4 heteroatoms. The fraction of sp³-hybridized carbons (Fsp3) is 0.222. The number of halogens is 1.